The Morgan fingerprint density at radius 1 is 1.25 bits per heavy atom. The van der Waals surface area contributed by atoms with E-state index in [9.17, 15) is 0 Å². The smallest absolute Gasteiger partial charge is 0.128 e. The van der Waals surface area contributed by atoms with Gasteiger partial charge in [-0.25, -0.2) is 4.98 Å². The van der Waals surface area contributed by atoms with Crippen molar-refractivity contribution in [3.8, 4) is 0 Å². The molecule has 2 atom stereocenters. The maximum atomic E-state index is 5.91. The van der Waals surface area contributed by atoms with Gasteiger partial charge in [-0.15, -0.1) is 0 Å². The Labute approximate surface area is 120 Å². The third kappa shape index (κ3) is 3.22. The van der Waals surface area contributed by atoms with Crippen LogP contribution >= 0.6 is 0 Å². The van der Waals surface area contributed by atoms with Crippen LogP contribution in [-0.4, -0.2) is 54.8 Å². The van der Waals surface area contributed by atoms with Crippen LogP contribution in [0.2, 0.25) is 0 Å². The minimum absolute atomic E-state index is 0.436. The number of nitrogens with two attached hydrogens (primary N) is 1. The van der Waals surface area contributed by atoms with E-state index in [1.165, 1.54) is 12.8 Å². The summed E-state index contributed by atoms with van der Waals surface area (Å²) in [6, 6.07) is 3.93. The van der Waals surface area contributed by atoms with Crippen molar-refractivity contribution in [1.82, 2.24) is 9.88 Å². The Hall–Kier alpha value is -1.33. The summed E-state index contributed by atoms with van der Waals surface area (Å²) < 4.78 is 5.91. The van der Waals surface area contributed by atoms with Crippen LogP contribution in [-0.2, 0) is 4.74 Å². The Kier molecular flexibility index (Phi) is 4.08. The zero-order chi connectivity index (χ0) is 13.9. The van der Waals surface area contributed by atoms with Gasteiger partial charge in [-0.1, -0.05) is 0 Å². The molecule has 2 N–H and O–H groups in total. The van der Waals surface area contributed by atoms with Crippen LogP contribution in [0, 0.1) is 0 Å². The van der Waals surface area contributed by atoms with Crippen LogP contribution in [0.15, 0.2) is 18.3 Å². The second kappa shape index (κ2) is 5.97. The molecule has 2 aliphatic heterocycles. The Bertz CT molecular complexity index is 428. The number of rotatable bonds is 3. The second-order valence-electron chi connectivity index (χ2n) is 5.88. The lowest BCUT2D eigenvalue weighted by Gasteiger charge is -2.36. The molecule has 0 radical (unpaired) electrons. The lowest BCUT2D eigenvalue weighted by molar-refractivity contribution is 0.0303. The lowest BCUT2D eigenvalue weighted by atomic mass is 10.2. The first-order chi connectivity index (χ1) is 9.70. The van der Waals surface area contributed by atoms with Crippen molar-refractivity contribution in [2.24, 2.45) is 0 Å². The minimum atomic E-state index is 0.436. The van der Waals surface area contributed by atoms with Gasteiger partial charge in [0.05, 0.1) is 24.1 Å². The molecule has 0 spiro atoms. The molecule has 1 aromatic heterocycles. The van der Waals surface area contributed by atoms with E-state index in [1.54, 1.807) is 6.20 Å². The quantitative estimate of drug-likeness (QED) is 0.903. The molecule has 0 amide bonds. The average Bonchev–Trinajstić information content (AvgIpc) is 2.86. The Balaban J connectivity index is 1.48. The molecule has 0 bridgehead atoms. The molecular formula is C15H24N4O. The molecule has 2 fully saturated rings. The van der Waals surface area contributed by atoms with E-state index in [0.717, 1.165) is 44.2 Å². The number of hydrogen-bond acceptors (Lipinski definition) is 5. The van der Waals surface area contributed by atoms with E-state index < -0.39 is 0 Å². The van der Waals surface area contributed by atoms with Gasteiger partial charge in [-0.05, 0) is 31.9 Å². The number of anilines is 2. The van der Waals surface area contributed by atoms with Crippen molar-refractivity contribution < 1.29 is 4.74 Å². The maximum Gasteiger partial charge on any atom is 0.128 e. The summed E-state index contributed by atoms with van der Waals surface area (Å²) in [7, 11) is 0. The van der Waals surface area contributed by atoms with Gasteiger partial charge in [0, 0.05) is 32.7 Å². The topological polar surface area (TPSA) is 54.6 Å². The van der Waals surface area contributed by atoms with E-state index in [1.807, 2.05) is 12.1 Å². The van der Waals surface area contributed by atoms with Crippen molar-refractivity contribution in [3.63, 3.8) is 0 Å². The molecule has 2 aliphatic rings. The van der Waals surface area contributed by atoms with Crippen molar-refractivity contribution in [3.05, 3.63) is 18.3 Å². The fourth-order valence-electron chi connectivity index (χ4n) is 3.05. The largest absolute Gasteiger partial charge is 0.397 e. The predicted octanol–water partition coefficient (Wildman–Crippen LogP) is 1.35. The fraction of sp³-hybridized carbons (Fsp3) is 0.667. The van der Waals surface area contributed by atoms with Crippen LogP contribution < -0.4 is 10.6 Å². The van der Waals surface area contributed by atoms with E-state index in [2.05, 4.69) is 21.7 Å². The van der Waals surface area contributed by atoms with E-state index in [0.29, 0.717) is 12.2 Å². The molecule has 5 nitrogen and oxygen atoms in total. The van der Waals surface area contributed by atoms with Crippen LogP contribution in [0.25, 0.3) is 0 Å². The molecule has 2 saturated heterocycles. The van der Waals surface area contributed by atoms with Crippen molar-refractivity contribution in [1.29, 1.82) is 0 Å². The Morgan fingerprint density at radius 2 is 2.05 bits per heavy atom. The van der Waals surface area contributed by atoms with Gasteiger partial charge in [0.2, 0.25) is 0 Å². The minimum Gasteiger partial charge on any atom is -0.397 e. The molecule has 3 heterocycles. The zero-order valence-electron chi connectivity index (χ0n) is 12.2. The molecule has 0 aromatic carbocycles. The summed E-state index contributed by atoms with van der Waals surface area (Å²) in [5.41, 5.74) is 6.40. The maximum absolute atomic E-state index is 5.91. The monoisotopic (exact) mass is 276 g/mol. The number of piperazine rings is 1. The fourth-order valence-corrected chi connectivity index (χ4v) is 3.05. The summed E-state index contributed by atoms with van der Waals surface area (Å²) in [6.45, 7) is 7.47. The van der Waals surface area contributed by atoms with Crippen LogP contribution in [0.1, 0.15) is 19.8 Å². The summed E-state index contributed by atoms with van der Waals surface area (Å²) in [5, 5.41) is 0. The van der Waals surface area contributed by atoms with Crippen LogP contribution in [0.5, 0.6) is 0 Å². The van der Waals surface area contributed by atoms with Gasteiger partial charge in [0.15, 0.2) is 0 Å². The van der Waals surface area contributed by atoms with Gasteiger partial charge in [0.25, 0.3) is 0 Å². The van der Waals surface area contributed by atoms with E-state index in [-0.39, 0.29) is 0 Å². The highest BCUT2D eigenvalue weighted by Crippen LogP contribution is 2.21. The van der Waals surface area contributed by atoms with Gasteiger partial charge in [-0.3, -0.25) is 4.90 Å². The summed E-state index contributed by atoms with van der Waals surface area (Å²) in [6.07, 6.45) is 5.03. The van der Waals surface area contributed by atoms with Gasteiger partial charge in [-0.2, -0.15) is 0 Å². The van der Waals surface area contributed by atoms with Crippen LogP contribution in [0.4, 0.5) is 11.5 Å². The lowest BCUT2D eigenvalue weighted by Crippen LogP contribution is -2.48. The third-order valence-corrected chi connectivity index (χ3v) is 4.25. The van der Waals surface area contributed by atoms with Gasteiger partial charge < -0.3 is 15.4 Å². The number of ether oxygens (including phenoxy) is 1. The van der Waals surface area contributed by atoms with Crippen molar-refractivity contribution in [2.75, 3.05) is 43.4 Å². The third-order valence-electron chi connectivity index (χ3n) is 4.25. The summed E-state index contributed by atoms with van der Waals surface area (Å²) in [5.74, 6) is 1.03. The normalized spacial score (nSPS) is 27.9. The van der Waals surface area contributed by atoms with E-state index >= 15 is 0 Å². The summed E-state index contributed by atoms with van der Waals surface area (Å²) >= 11 is 0. The zero-order valence-corrected chi connectivity index (χ0v) is 12.2. The first kappa shape index (κ1) is 13.6. The number of nitrogens with zero attached hydrogens (tertiary/aromatic N) is 3. The number of hydrogen-bond donors (Lipinski definition) is 1. The molecule has 3 rings (SSSR count). The molecular weight excluding hydrogens is 252 g/mol. The number of nitrogen functional groups attached to an aromatic ring is 1. The molecule has 110 valence electrons. The Morgan fingerprint density at radius 3 is 2.65 bits per heavy atom. The van der Waals surface area contributed by atoms with Crippen LogP contribution in [0.3, 0.4) is 0 Å². The predicted molar refractivity (Wildman–Crippen MR) is 80.9 cm³/mol. The first-order valence-corrected chi connectivity index (χ1v) is 7.55. The molecule has 1 aromatic rings. The highest BCUT2D eigenvalue weighted by molar-refractivity contribution is 5.46. The average molecular weight is 276 g/mol. The second-order valence-corrected chi connectivity index (χ2v) is 5.88. The van der Waals surface area contributed by atoms with Gasteiger partial charge in [0.1, 0.15) is 5.82 Å². The number of aromatic nitrogens is 1. The van der Waals surface area contributed by atoms with Gasteiger partial charge >= 0.3 is 0 Å². The standard InChI is InChI=1S/C15H24N4O/c1-12-2-4-14(20-12)11-18-6-8-19(9-7-18)15-5-3-13(16)10-17-15/h3,5,10,12,14H,2,4,6-9,11,16H2,1H3. The highest BCUT2D eigenvalue weighted by atomic mass is 16.5. The highest BCUT2D eigenvalue weighted by Gasteiger charge is 2.26. The molecule has 20 heavy (non-hydrogen) atoms. The van der Waals surface area contributed by atoms with Crippen molar-refractivity contribution in [2.45, 2.75) is 32.0 Å². The molecule has 5 heteroatoms. The SMILES string of the molecule is CC1CCC(CN2CCN(c3ccc(N)cn3)CC2)O1. The van der Waals surface area contributed by atoms with E-state index in [4.69, 9.17) is 10.5 Å². The molecule has 2 unspecified atom stereocenters. The first-order valence-electron chi connectivity index (χ1n) is 7.55. The van der Waals surface area contributed by atoms with Crippen molar-refractivity contribution >= 4 is 11.5 Å². The summed E-state index contributed by atoms with van der Waals surface area (Å²) in [4.78, 5) is 9.24. The molecule has 0 aliphatic carbocycles. The molecule has 0 saturated carbocycles. The number of pyridine rings is 1.